The average molecular weight is 424 g/mol. The molecule has 1 saturated heterocycles. The third-order valence-corrected chi connectivity index (χ3v) is 5.78. The lowest BCUT2D eigenvalue weighted by atomic mass is 10.1. The van der Waals surface area contributed by atoms with Gasteiger partial charge in [-0.3, -0.25) is 4.99 Å². The first-order valence-corrected chi connectivity index (χ1v) is 12.3. The van der Waals surface area contributed by atoms with Gasteiger partial charge in [-0.15, -0.1) is 0 Å². The summed E-state index contributed by atoms with van der Waals surface area (Å²) in [4.78, 5) is 9.18. The molecule has 1 aliphatic heterocycles. The molecule has 2 N–H and O–H groups in total. The van der Waals surface area contributed by atoms with E-state index in [1.807, 2.05) is 27.8 Å². The summed E-state index contributed by atoms with van der Waals surface area (Å²) < 4.78 is 25.7. The Balaban J connectivity index is 2.01. The van der Waals surface area contributed by atoms with Crippen molar-refractivity contribution in [3.05, 3.63) is 29.8 Å². The molecule has 0 bridgehead atoms. The van der Waals surface area contributed by atoms with Gasteiger partial charge in [0.2, 0.25) is 10.0 Å². The highest BCUT2D eigenvalue weighted by atomic mass is 32.2. The van der Waals surface area contributed by atoms with Crippen molar-refractivity contribution < 1.29 is 8.42 Å². The number of guanidine groups is 1. The normalized spacial score (nSPS) is 16.0. The highest BCUT2D eigenvalue weighted by molar-refractivity contribution is 7.88. The summed E-state index contributed by atoms with van der Waals surface area (Å²) in [5.41, 5.74) is 1.86. The molecule has 1 heterocycles. The minimum atomic E-state index is -3.28. The monoisotopic (exact) mass is 423 g/mol. The van der Waals surface area contributed by atoms with Crippen LogP contribution in [0.1, 0.15) is 45.6 Å². The standard InChI is InChI=1S/C21H37N5O2S/c1-6-22-20(23-17-21(2,3)24-29(5,27)28)25(4)16-18-10-12-19(13-11-18)26-14-8-7-9-15-26/h10-13,24H,6-9,14-17H2,1-5H3,(H,22,23). The first kappa shape index (κ1) is 23.5. The van der Waals surface area contributed by atoms with Gasteiger partial charge in [-0.1, -0.05) is 12.1 Å². The number of piperidine rings is 1. The molecular formula is C21H37N5O2S. The maximum absolute atomic E-state index is 11.5. The summed E-state index contributed by atoms with van der Waals surface area (Å²) >= 11 is 0. The molecule has 1 aliphatic rings. The van der Waals surface area contributed by atoms with E-state index in [0.717, 1.165) is 32.1 Å². The van der Waals surface area contributed by atoms with Gasteiger partial charge in [0.1, 0.15) is 0 Å². The van der Waals surface area contributed by atoms with E-state index in [-0.39, 0.29) is 0 Å². The van der Waals surface area contributed by atoms with E-state index in [4.69, 9.17) is 0 Å². The molecular weight excluding hydrogens is 386 g/mol. The minimum Gasteiger partial charge on any atom is -0.372 e. The minimum absolute atomic E-state index is 0.348. The summed E-state index contributed by atoms with van der Waals surface area (Å²) in [5, 5.41) is 3.29. The van der Waals surface area contributed by atoms with Crippen molar-refractivity contribution in [2.45, 2.75) is 52.1 Å². The summed E-state index contributed by atoms with van der Waals surface area (Å²) in [6, 6.07) is 8.77. The van der Waals surface area contributed by atoms with Crippen LogP contribution in [-0.4, -0.2) is 64.3 Å². The Morgan fingerprint density at radius 2 is 1.79 bits per heavy atom. The SMILES string of the molecule is CCNC(=NCC(C)(C)NS(C)(=O)=O)N(C)Cc1ccc(N2CCCCC2)cc1. The second-order valence-corrected chi connectivity index (χ2v) is 10.2. The molecule has 0 spiro atoms. The number of hydrogen-bond acceptors (Lipinski definition) is 4. The fourth-order valence-electron chi connectivity index (χ4n) is 3.59. The van der Waals surface area contributed by atoms with E-state index in [1.54, 1.807) is 0 Å². The number of hydrogen-bond donors (Lipinski definition) is 2. The molecule has 0 aromatic heterocycles. The van der Waals surface area contributed by atoms with Crippen molar-refractivity contribution in [1.82, 2.24) is 14.9 Å². The van der Waals surface area contributed by atoms with Crippen molar-refractivity contribution in [3.63, 3.8) is 0 Å². The van der Waals surface area contributed by atoms with E-state index in [9.17, 15) is 8.42 Å². The fourth-order valence-corrected chi connectivity index (χ4v) is 4.66. The van der Waals surface area contributed by atoms with Crippen LogP contribution in [0, 0.1) is 0 Å². The molecule has 0 atom stereocenters. The van der Waals surface area contributed by atoms with Gasteiger partial charge in [0.15, 0.2) is 5.96 Å². The molecule has 29 heavy (non-hydrogen) atoms. The van der Waals surface area contributed by atoms with E-state index in [1.165, 1.54) is 36.8 Å². The number of nitrogens with one attached hydrogen (secondary N) is 2. The number of rotatable bonds is 8. The number of benzene rings is 1. The van der Waals surface area contributed by atoms with E-state index < -0.39 is 15.6 Å². The Morgan fingerprint density at radius 1 is 1.17 bits per heavy atom. The lowest BCUT2D eigenvalue weighted by Gasteiger charge is -2.29. The van der Waals surface area contributed by atoms with Crippen LogP contribution in [0.3, 0.4) is 0 Å². The van der Waals surface area contributed by atoms with Gasteiger partial charge >= 0.3 is 0 Å². The first-order chi connectivity index (χ1) is 13.6. The molecule has 8 heteroatoms. The topological polar surface area (TPSA) is 77.0 Å². The first-order valence-electron chi connectivity index (χ1n) is 10.4. The Hall–Kier alpha value is -1.80. The van der Waals surface area contributed by atoms with Crippen LogP contribution in [0.15, 0.2) is 29.3 Å². The van der Waals surface area contributed by atoms with Crippen molar-refractivity contribution >= 4 is 21.7 Å². The molecule has 7 nitrogen and oxygen atoms in total. The summed E-state index contributed by atoms with van der Waals surface area (Å²) in [6.45, 7) is 9.81. The third kappa shape index (κ3) is 8.22. The Morgan fingerprint density at radius 3 is 2.34 bits per heavy atom. The molecule has 1 fully saturated rings. The fraction of sp³-hybridized carbons (Fsp3) is 0.667. The van der Waals surface area contributed by atoms with E-state index in [2.05, 4.69) is 49.1 Å². The lowest BCUT2D eigenvalue weighted by molar-refractivity contribution is 0.446. The van der Waals surface area contributed by atoms with Crippen LogP contribution in [0.2, 0.25) is 0 Å². The summed E-state index contributed by atoms with van der Waals surface area (Å²) in [7, 11) is -1.28. The van der Waals surface area contributed by atoms with Crippen LogP contribution < -0.4 is 14.9 Å². The maximum atomic E-state index is 11.5. The Kier molecular flexibility index (Phi) is 8.34. The molecule has 0 unspecified atom stereocenters. The lowest BCUT2D eigenvalue weighted by Crippen LogP contribution is -2.46. The smallest absolute Gasteiger partial charge is 0.209 e. The van der Waals surface area contributed by atoms with E-state index in [0.29, 0.717) is 6.54 Å². The number of aliphatic imine (C=N–C) groups is 1. The van der Waals surface area contributed by atoms with Gasteiger partial charge in [-0.2, -0.15) is 0 Å². The van der Waals surface area contributed by atoms with Crippen LogP contribution in [0.5, 0.6) is 0 Å². The van der Waals surface area contributed by atoms with Crippen molar-refractivity contribution in [1.29, 1.82) is 0 Å². The summed E-state index contributed by atoms with van der Waals surface area (Å²) in [6.07, 6.45) is 5.06. The maximum Gasteiger partial charge on any atom is 0.209 e. The van der Waals surface area contributed by atoms with Gasteiger partial charge in [0.05, 0.1) is 12.8 Å². The molecule has 0 amide bonds. The predicted molar refractivity (Wildman–Crippen MR) is 122 cm³/mol. The molecule has 0 aliphatic carbocycles. The van der Waals surface area contributed by atoms with Crippen molar-refractivity contribution in [2.24, 2.45) is 4.99 Å². The molecule has 1 aromatic rings. The highest BCUT2D eigenvalue weighted by Crippen LogP contribution is 2.20. The second kappa shape index (κ2) is 10.3. The van der Waals surface area contributed by atoms with Gasteiger partial charge in [0.25, 0.3) is 0 Å². The zero-order chi connectivity index (χ0) is 21.5. The van der Waals surface area contributed by atoms with Gasteiger partial charge < -0.3 is 15.1 Å². The molecule has 1 aromatic carbocycles. The largest absolute Gasteiger partial charge is 0.372 e. The van der Waals surface area contributed by atoms with Crippen LogP contribution in [0.25, 0.3) is 0 Å². The zero-order valence-electron chi connectivity index (χ0n) is 18.5. The van der Waals surface area contributed by atoms with E-state index >= 15 is 0 Å². The molecule has 164 valence electrons. The Labute approximate surface area is 176 Å². The quantitative estimate of drug-likeness (QED) is 0.496. The van der Waals surface area contributed by atoms with Crippen molar-refractivity contribution in [3.8, 4) is 0 Å². The molecule has 0 saturated carbocycles. The number of sulfonamides is 1. The third-order valence-electron chi connectivity index (χ3n) is 4.86. The highest BCUT2D eigenvalue weighted by Gasteiger charge is 2.22. The predicted octanol–water partition coefficient (Wildman–Crippen LogP) is 2.40. The Bertz CT molecular complexity index is 769. The van der Waals surface area contributed by atoms with Crippen molar-refractivity contribution in [2.75, 3.05) is 44.4 Å². The zero-order valence-corrected chi connectivity index (χ0v) is 19.3. The molecule has 0 radical (unpaired) electrons. The van der Waals surface area contributed by atoms with Gasteiger partial charge in [0, 0.05) is 44.5 Å². The number of anilines is 1. The number of nitrogens with zero attached hydrogens (tertiary/aromatic N) is 3. The van der Waals surface area contributed by atoms with Crippen LogP contribution in [0.4, 0.5) is 5.69 Å². The molecule has 2 rings (SSSR count). The van der Waals surface area contributed by atoms with Crippen LogP contribution >= 0.6 is 0 Å². The second-order valence-electron chi connectivity index (χ2n) is 8.50. The van der Waals surface area contributed by atoms with Gasteiger partial charge in [-0.25, -0.2) is 13.1 Å². The van der Waals surface area contributed by atoms with Crippen LogP contribution in [-0.2, 0) is 16.6 Å². The average Bonchev–Trinajstić information content (AvgIpc) is 2.64. The summed E-state index contributed by atoms with van der Waals surface area (Å²) in [5.74, 6) is 0.760. The van der Waals surface area contributed by atoms with Gasteiger partial charge in [-0.05, 0) is 57.7 Å².